The van der Waals surface area contributed by atoms with Gasteiger partial charge in [-0.05, 0) is 57.0 Å². The molecule has 0 bridgehead atoms. The molecule has 5 nitrogen and oxygen atoms in total. The van der Waals surface area contributed by atoms with Crippen LogP contribution >= 0.6 is 12.2 Å². The summed E-state index contributed by atoms with van der Waals surface area (Å²) in [5.41, 5.74) is 7.76. The lowest BCUT2D eigenvalue weighted by Crippen LogP contribution is -2.46. The zero-order chi connectivity index (χ0) is 25.1. The molecule has 0 spiro atoms. The third kappa shape index (κ3) is 5.09. The van der Waals surface area contributed by atoms with E-state index in [-0.39, 0.29) is 6.04 Å². The van der Waals surface area contributed by atoms with E-state index in [1.165, 1.54) is 16.7 Å². The van der Waals surface area contributed by atoms with Crippen LogP contribution in [0, 0.1) is 13.8 Å². The minimum Gasteiger partial charge on any atom is -0.351 e. The highest BCUT2D eigenvalue weighted by Gasteiger charge is 2.33. The summed E-state index contributed by atoms with van der Waals surface area (Å²) in [5.74, 6) is 1.09. The Morgan fingerprint density at radius 2 is 1.56 bits per heavy atom. The summed E-state index contributed by atoms with van der Waals surface area (Å²) in [6, 6.07) is 27.0. The molecule has 182 valence electrons. The number of nitrogens with zero attached hydrogens (tertiary/aromatic N) is 3. The van der Waals surface area contributed by atoms with Gasteiger partial charge in [-0.2, -0.15) is 4.98 Å². The van der Waals surface area contributed by atoms with E-state index in [4.69, 9.17) is 21.7 Å². The van der Waals surface area contributed by atoms with E-state index in [2.05, 4.69) is 96.8 Å². The first-order chi connectivity index (χ1) is 17.5. The number of hydrogen-bond acceptors (Lipinski definition) is 4. The SMILES string of the molecule is CC1=C(c2nc(-c3ccc(C)cc3)no2)C(c2ccc(C)cc2)NC(=S)N1CCCc1ccccc1. The standard InChI is InChI=1S/C30H30N4OS/c1-20-11-15-24(16-12-20)27-26(29-32-28(33-35-29)25-17-13-21(2)14-18-25)22(3)34(30(36)31-27)19-7-10-23-8-5-4-6-9-23/h4-6,8-9,11-18,27H,7,10,19H2,1-3H3,(H,31,36). The molecule has 1 N–H and O–H groups in total. The summed E-state index contributed by atoms with van der Waals surface area (Å²) >= 11 is 5.85. The number of hydrogen-bond donors (Lipinski definition) is 1. The van der Waals surface area contributed by atoms with Crippen molar-refractivity contribution in [3.05, 3.63) is 113 Å². The molecule has 0 fully saturated rings. The van der Waals surface area contributed by atoms with Gasteiger partial charge in [0.2, 0.25) is 5.82 Å². The molecule has 6 heteroatoms. The average molecular weight is 495 g/mol. The quantitative estimate of drug-likeness (QED) is 0.290. The lowest BCUT2D eigenvalue weighted by atomic mass is 9.94. The number of nitrogens with one attached hydrogen (secondary N) is 1. The van der Waals surface area contributed by atoms with Crippen molar-refractivity contribution in [3.8, 4) is 11.4 Å². The van der Waals surface area contributed by atoms with Crippen LogP contribution in [0.3, 0.4) is 0 Å². The summed E-state index contributed by atoms with van der Waals surface area (Å²) in [5, 5.41) is 8.59. The molecule has 2 heterocycles. The third-order valence-electron chi connectivity index (χ3n) is 6.66. The molecule has 0 aliphatic carbocycles. The molecule has 1 aromatic heterocycles. The second-order valence-corrected chi connectivity index (χ2v) is 9.71. The van der Waals surface area contributed by atoms with E-state index in [1.54, 1.807) is 0 Å². The average Bonchev–Trinajstić information content (AvgIpc) is 3.37. The van der Waals surface area contributed by atoms with Gasteiger partial charge in [-0.3, -0.25) is 0 Å². The van der Waals surface area contributed by atoms with Gasteiger partial charge in [-0.1, -0.05) is 95.1 Å². The van der Waals surface area contributed by atoms with Crippen LogP contribution in [0.5, 0.6) is 0 Å². The lowest BCUT2D eigenvalue weighted by molar-refractivity contribution is 0.396. The molecule has 1 unspecified atom stereocenters. The highest BCUT2D eigenvalue weighted by molar-refractivity contribution is 7.80. The fourth-order valence-electron chi connectivity index (χ4n) is 4.58. The molecule has 1 aliphatic rings. The Morgan fingerprint density at radius 3 is 2.25 bits per heavy atom. The Labute approximate surface area is 217 Å². The maximum absolute atomic E-state index is 5.86. The summed E-state index contributed by atoms with van der Waals surface area (Å²) in [4.78, 5) is 6.98. The number of aryl methyl sites for hydroxylation is 3. The molecule has 0 radical (unpaired) electrons. The first kappa shape index (κ1) is 23.9. The Bertz CT molecular complexity index is 1370. The van der Waals surface area contributed by atoms with Gasteiger partial charge in [0, 0.05) is 17.8 Å². The summed E-state index contributed by atoms with van der Waals surface area (Å²) in [6.07, 6.45) is 1.96. The Kier molecular flexibility index (Phi) is 6.96. The van der Waals surface area contributed by atoms with Gasteiger partial charge < -0.3 is 14.7 Å². The maximum atomic E-state index is 5.86. The van der Waals surface area contributed by atoms with Gasteiger partial charge >= 0.3 is 0 Å². The molecule has 0 saturated carbocycles. The van der Waals surface area contributed by atoms with Crippen molar-refractivity contribution in [2.24, 2.45) is 0 Å². The predicted molar refractivity (Wildman–Crippen MR) is 148 cm³/mol. The van der Waals surface area contributed by atoms with Gasteiger partial charge in [0.15, 0.2) is 5.11 Å². The van der Waals surface area contributed by atoms with E-state index in [0.29, 0.717) is 16.8 Å². The van der Waals surface area contributed by atoms with Crippen molar-refractivity contribution >= 4 is 22.9 Å². The highest BCUT2D eigenvalue weighted by atomic mass is 32.1. The molecular weight excluding hydrogens is 464 g/mol. The summed E-state index contributed by atoms with van der Waals surface area (Å²) in [7, 11) is 0. The molecule has 1 aliphatic heterocycles. The van der Waals surface area contributed by atoms with Gasteiger partial charge in [0.25, 0.3) is 5.89 Å². The normalized spacial score (nSPS) is 15.8. The predicted octanol–water partition coefficient (Wildman–Crippen LogP) is 6.65. The van der Waals surface area contributed by atoms with E-state index in [9.17, 15) is 0 Å². The van der Waals surface area contributed by atoms with Crippen LogP contribution in [0.15, 0.2) is 89.1 Å². The first-order valence-electron chi connectivity index (χ1n) is 12.3. The molecule has 3 aromatic carbocycles. The van der Waals surface area contributed by atoms with Crippen molar-refractivity contribution in [1.82, 2.24) is 20.4 Å². The van der Waals surface area contributed by atoms with Crippen LogP contribution in [0.25, 0.3) is 17.0 Å². The fraction of sp³-hybridized carbons (Fsp3) is 0.233. The maximum Gasteiger partial charge on any atom is 0.258 e. The molecule has 0 amide bonds. The van der Waals surface area contributed by atoms with Gasteiger partial charge in [0.1, 0.15) is 0 Å². The zero-order valence-electron chi connectivity index (χ0n) is 20.9. The second-order valence-electron chi connectivity index (χ2n) is 9.32. The molecule has 4 aromatic rings. The van der Waals surface area contributed by atoms with Crippen LogP contribution < -0.4 is 5.32 Å². The van der Waals surface area contributed by atoms with Crippen LogP contribution in [0.1, 0.15) is 47.5 Å². The van der Waals surface area contributed by atoms with Crippen LogP contribution in [-0.2, 0) is 6.42 Å². The van der Waals surface area contributed by atoms with E-state index in [1.807, 2.05) is 18.2 Å². The molecule has 5 rings (SSSR count). The smallest absolute Gasteiger partial charge is 0.258 e. The highest BCUT2D eigenvalue weighted by Crippen LogP contribution is 2.37. The number of allylic oxidation sites excluding steroid dienone is 1. The molecule has 36 heavy (non-hydrogen) atoms. The van der Waals surface area contributed by atoms with Crippen LogP contribution in [-0.4, -0.2) is 26.7 Å². The monoisotopic (exact) mass is 494 g/mol. The van der Waals surface area contributed by atoms with E-state index in [0.717, 1.165) is 41.8 Å². The van der Waals surface area contributed by atoms with E-state index >= 15 is 0 Å². The Hall–Kier alpha value is -3.77. The van der Waals surface area contributed by atoms with Gasteiger partial charge in [-0.25, -0.2) is 0 Å². The second kappa shape index (κ2) is 10.5. The number of thiocarbonyl (C=S) groups is 1. The van der Waals surface area contributed by atoms with Gasteiger partial charge in [-0.15, -0.1) is 0 Å². The van der Waals surface area contributed by atoms with E-state index < -0.39 is 0 Å². The topological polar surface area (TPSA) is 54.2 Å². The van der Waals surface area contributed by atoms with Crippen molar-refractivity contribution in [2.75, 3.05) is 6.54 Å². The summed E-state index contributed by atoms with van der Waals surface area (Å²) < 4.78 is 5.86. The molecule has 0 saturated heterocycles. The number of aromatic nitrogens is 2. The van der Waals surface area contributed by atoms with Crippen molar-refractivity contribution in [2.45, 2.75) is 39.7 Å². The van der Waals surface area contributed by atoms with Crippen molar-refractivity contribution in [3.63, 3.8) is 0 Å². The minimum atomic E-state index is -0.171. The zero-order valence-corrected chi connectivity index (χ0v) is 21.7. The van der Waals surface area contributed by atoms with Crippen LogP contribution in [0.2, 0.25) is 0 Å². The summed E-state index contributed by atoms with van der Waals surface area (Å²) in [6.45, 7) is 7.05. The Balaban J connectivity index is 1.49. The lowest BCUT2D eigenvalue weighted by Gasteiger charge is -2.37. The minimum absolute atomic E-state index is 0.171. The van der Waals surface area contributed by atoms with Gasteiger partial charge in [0.05, 0.1) is 11.6 Å². The Morgan fingerprint density at radius 1 is 0.889 bits per heavy atom. The number of rotatable bonds is 7. The first-order valence-corrected chi connectivity index (χ1v) is 12.7. The molecule has 1 atom stereocenters. The fourth-order valence-corrected chi connectivity index (χ4v) is 4.92. The third-order valence-corrected chi connectivity index (χ3v) is 7.00. The molecular formula is C30H30N4OS. The largest absolute Gasteiger partial charge is 0.351 e. The van der Waals surface area contributed by atoms with Crippen molar-refractivity contribution in [1.29, 1.82) is 0 Å². The van der Waals surface area contributed by atoms with Crippen molar-refractivity contribution < 1.29 is 4.52 Å². The number of benzene rings is 3. The van der Waals surface area contributed by atoms with Crippen LogP contribution in [0.4, 0.5) is 0 Å².